The molecule has 2 rings (SSSR count). The summed E-state index contributed by atoms with van der Waals surface area (Å²) >= 11 is 0. The third-order valence-corrected chi connectivity index (χ3v) is 13.1. The van der Waals surface area contributed by atoms with E-state index in [2.05, 4.69) is 0 Å². The number of methoxy groups -OCH3 is 4. The van der Waals surface area contributed by atoms with Crippen LogP contribution in [0, 0.1) is 0 Å². The molecule has 2 aromatic carbocycles. The standard InChI is InChI=1S/C24H32O6Si2/c1-27-17-9-13-19(14-10-17)31(5,6)21(23(25)29-3)22(24(26)30-4)32(7,8)20-15-11-18(28-2)12-16-20/h9-16H,1-8H3/b22-21+. The zero-order valence-electron chi connectivity index (χ0n) is 20.1. The molecular weight excluding hydrogens is 440 g/mol. The third-order valence-electron chi connectivity index (χ3n) is 5.90. The largest absolute Gasteiger partial charge is 0.497 e. The van der Waals surface area contributed by atoms with Gasteiger partial charge in [-0.25, -0.2) is 9.59 Å². The minimum Gasteiger partial charge on any atom is -0.497 e. The Hall–Kier alpha value is -2.85. The predicted molar refractivity (Wildman–Crippen MR) is 131 cm³/mol. The molecule has 0 spiro atoms. The van der Waals surface area contributed by atoms with Crippen molar-refractivity contribution in [1.82, 2.24) is 0 Å². The van der Waals surface area contributed by atoms with E-state index >= 15 is 0 Å². The third kappa shape index (κ3) is 4.97. The van der Waals surface area contributed by atoms with Gasteiger partial charge in [-0.1, -0.05) is 60.8 Å². The average Bonchev–Trinajstić information content (AvgIpc) is 2.81. The lowest BCUT2D eigenvalue weighted by Crippen LogP contribution is -2.54. The molecule has 32 heavy (non-hydrogen) atoms. The van der Waals surface area contributed by atoms with E-state index in [1.54, 1.807) is 14.2 Å². The minimum atomic E-state index is -2.67. The van der Waals surface area contributed by atoms with E-state index in [0.29, 0.717) is 10.4 Å². The van der Waals surface area contributed by atoms with Crippen molar-refractivity contribution in [3.8, 4) is 11.5 Å². The zero-order valence-corrected chi connectivity index (χ0v) is 22.1. The van der Waals surface area contributed by atoms with Crippen LogP contribution in [-0.2, 0) is 19.1 Å². The van der Waals surface area contributed by atoms with Crippen molar-refractivity contribution in [3.05, 3.63) is 58.9 Å². The number of hydrogen-bond acceptors (Lipinski definition) is 6. The Morgan fingerprint density at radius 2 is 0.844 bits per heavy atom. The Kier molecular flexibility index (Phi) is 8.09. The molecule has 0 radical (unpaired) electrons. The summed E-state index contributed by atoms with van der Waals surface area (Å²) in [6, 6.07) is 15.3. The van der Waals surface area contributed by atoms with E-state index in [1.807, 2.05) is 74.7 Å². The van der Waals surface area contributed by atoms with E-state index in [0.717, 1.165) is 21.9 Å². The number of carbonyl (C=O) groups excluding carboxylic acids is 2. The van der Waals surface area contributed by atoms with Gasteiger partial charge in [-0.3, -0.25) is 0 Å². The molecule has 0 saturated carbocycles. The Bertz CT molecular complexity index is 911. The second kappa shape index (κ2) is 10.2. The summed E-state index contributed by atoms with van der Waals surface area (Å²) in [5.74, 6) is 0.463. The maximum Gasteiger partial charge on any atom is 0.330 e. The van der Waals surface area contributed by atoms with Crippen LogP contribution in [-0.4, -0.2) is 56.5 Å². The van der Waals surface area contributed by atoms with Crippen molar-refractivity contribution in [2.45, 2.75) is 26.2 Å². The van der Waals surface area contributed by atoms with E-state index in [4.69, 9.17) is 18.9 Å². The van der Waals surface area contributed by atoms with E-state index in [9.17, 15) is 9.59 Å². The fourth-order valence-electron chi connectivity index (χ4n) is 3.85. The van der Waals surface area contributed by atoms with Crippen LogP contribution in [0.1, 0.15) is 0 Å². The van der Waals surface area contributed by atoms with Gasteiger partial charge < -0.3 is 18.9 Å². The van der Waals surface area contributed by atoms with Gasteiger partial charge in [0.2, 0.25) is 0 Å². The predicted octanol–water partition coefficient (Wildman–Crippen LogP) is 2.96. The maximum atomic E-state index is 13.2. The molecule has 0 N–H and O–H groups in total. The fourth-order valence-corrected chi connectivity index (χ4v) is 11.0. The lowest BCUT2D eigenvalue weighted by Gasteiger charge is -2.33. The molecule has 0 aliphatic rings. The number of ether oxygens (including phenoxy) is 4. The van der Waals surface area contributed by atoms with Crippen molar-refractivity contribution in [2.24, 2.45) is 0 Å². The molecular formula is C24H32O6Si2. The van der Waals surface area contributed by atoms with Crippen molar-refractivity contribution < 1.29 is 28.5 Å². The van der Waals surface area contributed by atoms with Crippen molar-refractivity contribution in [2.75, 3.05) is 28.4 Å². The van der Waals surface area contributed by atoms with E-state index in [-0.39, 0.29) is 0 Å². The molecule has 8 heteroatoms. The Morgan fingerprint density at radius 1 is 0.562 bits per heavy atom. The Morgan fingerprint density at radius 3 is 1.06 bits per heavy atom. The monoisotopic (exact) mass is 472 g/mol. The van der Waals surface area contributed by atoms with Crippen LogP contribution in [0.25, 0.3) is 0 Å². The molecule has 0 unspecified atom stereocenters. The van der Waals surface area contributed by atoms with Gasteiger partial charge in [-0.05, 0) is 24.3 Å². The van der Waals surface area contributed by atoms with Crippen molar-refractivity contribution in [1.29, 1.82) is 0 Å². The highest BCUT2D eigenvalue weighted by molar-refractivity contribution is 7.05. The number of esters is 2. The molecule has 0 bridgehead atoms. The number of carbonyl (C=O) groups is 2. The summed E-state index contributed by atoms with van der Waals surface area (Å²) in [7, 11) is 0.559. The van der Waals surface area contributed by atoms with Gasteiger partial charge in [0.05, 0.1) is 28.4 Å². The first-order valence-corrected chi connectivity index (χ1v) is 16.3. The fraction of sp³-hybridized carbons (Fsp3) is 0.333. The first-order chi connectivity index (χ1) is 15.0. The summed E-state index contributed by atoms with van der Waals surface area (Å²) in [6.45, 7) is 8.18. The number of benzene rings is 2. The topological polar surface area (TPSA) is 71.1 Å². The summed E-state index contributed by atoms with van der Waals surface area (Å²) in [4.78, 5) is 26.4. The second-order valence-electron chi connectivity index (χ2n) is 8.44. The molecule has 0 aromatic heterocycles. The first kappa shape index (κ1) is 25.4. The summed E-state index contributed by atoms with van der Waals surface area (Å²) in [5, 5.41) is 2.84. The minimum absolute atomic E-state index is 0.435. The van der Waals surface area contributed by atoms with E-state index < -0.39 is 28.1 Å². The SMILES string of the molecule is COC(=O)/C(=C(/C(=O)OC)[Si](C)(C)c1ccc(OC)cc1)[Si](C)(C)c1ccc(OC)cc1. The van der Waals surface area contributed by atoms with Gasteiger partial charge in [0.15, 0.2) is 0 Å². The average molecular weight is 473 g/mol. The van der Waals surface area contributed by atoms with E-state index in [1.165, 1.54) is 14.2 Å². The van der Waals surface area contributed by atoms with Gasteiger partial charge in [0.1, 0.15) is 27.6 Å². The zero-order chi connectivity index (χ0) is 24.1. The van der Waals surface area contributed by atoms with Crippen LogP contribution in [0.3, 0.4) is 0 Å². The lowest BCUT2D eigenvalue weighted by molar-refractivity contribution is -0.138. The van der Waals surface area contributed by atoms with Gasteiger partial charge in [-0.2, -0.15) is 0 Å². The molecule has 0 amide bonds. The van der Waals surface area contributed by atoms with Gasteiger partial charge in [0, 0.05) is 10.4 Å². The Labute approximate surface area is 192 Å². The lowest BCUT2D eigenvalue weighted by atomic mass is 10.3. The van der Waals surface area contributed by atoms with Crippen LogP contribution < -0.4 is 19.8 Å². The smallest absolute Gasteiger partial charge is 0.330 e. The second-order valence-corrected chi connectivity index (χ2v) is 17.1. The Balaban J connectivity index is 2.83. The van der Waals surface area contributed by atoms with Crippen LogP contribution in [0.4, 0.5) is 0 Å². The molecule has 6 nitrogen and oxygen atoms in total. The van der Waals surface area contributed by atoms with Crippen LogP contribution in [0.15, 0.2) is 58.9 Å². The van der Waals surface area contributed by atoms with Gasteiger partial charge in [-0.15, -0.1) is 0 Å². The summed E-state index contributed by atoms with van der Waals surface area (Å²) < 4.78 is 21.0. The molecule has 172 valence electrons. The normalized spacial score (nSPS) is 12.5. The highest BCUT2D eigenvalue weighted by atomic mass is 28.3. The molecule has 0 aliphatic heterocycles. The summed E-state index contributed by atoms with van der Waals surface area (Å²) in [6.07, 6.45) is 0. The van der Waals surface area contributed by atoms with Gasteiger partial charge >= 0.3 is 11.9 Å². The van der Waals surface area contributed by atoms with Crippen molar-refractivity contribution >= 4 is 38.5 Å². The highest BCUT2D eigenvalue weighted by Crippen LogP contribution is 2.29. The first-order valence-electron chi connectivity index (χ1n) is 10.3. The molecule has 0 saturated heterocycles. The molecule has 0 heterocycles. The van der Waals surface area contributed by atoms with Crippen LogP contribution in [0.2, 0.25) is 26.2 Å². The quantitative estimate of drug-likeness (QED) is 0.334. The highest BCUT2D eigenvalue weighted by Gasteiger charge is 2.45. The van der Waals surface area contributed by atoms with Crippen LogP contribution >= 0.6 is 0 Å². The van der Waals surface area contributed by atoms with Crippen LogP contribution in [0.5, 0.6) is 11.5 Å². The molecule has 0 aliphatic carbocycles. The van der Waals surface area contributed by atoms with Gasteiger partial charge in [0.25, 0.3) is 0 Å². The number of rotatable bonds is 8. The molecule has 0 atom stereocenters. The number of hydrogen-bond donors (Lipinski definition) is 0. The van der Waals surface area contributed by atoms with Crippen molar-refractivity contribution in [3.63, 3.8) is 0 Å². The maximum absolute atomic E-state index is 13.2. The molecule has 2 aromatic rings. The molecule has 0 fully saturated rings. The summed E-state index contributed by atoms with van der Waals surface area (Å²) in [5.41, 5.74) is 0.